The summed E-state index contributed by atoms with van der Waals surface area (Å²) in [5.74, 6) is -0.187. The van der Waals surface area contributed by atoms with Gasteiger partial charge in [0, 0.05) is 19.6 Å². The summed E-state index contributed by atoms with van der Waals surface area (Å²) in [6.07, 6.45) is 3.05. The molecular weight excluding hydrogens is 218 g/mol. The van der Waals surface area contributed by atoms with Gasteiger partial charge >= 0.3 is 0 Å². The van der Waals surface area contributed by atoms with Crippen LogP contribution in [0, 0.1) is 0 Å². The molecule has 1 N–H and O–H groups in total. The van der Waals surface area contributed by atoms with E-state index in [0.29, 0.717) is 6.54 Å². The molecule has 5 nitrogen and oxygen atoms in total. The number of amides is 2. The van der Waals surface area contributed by atoms with E-state index in [9.17, 15) is 9.59 Å². The van der Waals surface area contributed by atoms with Crippen molar-refractivity contribution < 1.29 is 9.59 Å². The molecule has 0 aromatic heterocycles. The number of carbonyl (C=O) groups excluding carboxylic acids is 2. The van der Waals surface area contributed by atoms with Crippen LogP contribution in [-0.2, 0) is 9.59 Å². The molecule has 0 saturated carbocycles. The Morgan fingerprint density at radius 3 is 2.47 bits per heavy atom. The third kappa shape index (κ3) is 5.68. The van der Waals surface area contributed by atoms with Gasteiger partial charge in [0.05, 0.1) is 0 Å². The van der Waals surface area contributed by atoms with Crippen molar-refractivity contribution in [1.29, 1.82) is 0 Å². The first-order chi connectivity index (χ1) is 8.09. The van der Waals surface area contributed by atoms with Gasteiger partial charge < -0.3 is 15.1 Å². The maximum Gasteiger partial charge on any atom is 0.232 e. The Morgan fingerprint density at radius 2 is 1.88 bits per heavy atom. The summed E-state index contributed by atoms with van der Waals surface area (Å²) in [5, 5.41) is 2.78. The molecule has 1 aliphatic heterocycles. The second-order valence-corrected chi connectivity index (χ2v) is 4.77. The highest BCUT2D eigenvalue weighted by molar-refractivity contribution is 5.96. The van der Waals surface area contributed by atoms with Crippen LogP contribution in [0.25, 0.3) is 0 Å². The van der Waals surface area contributed by atoms with Crippen molar-refractivity contribution in [2.75, 3.05) is 40.3 Å². The van der Waals surface area contributed by atoms with Crippen molar-refractivity contribution in [3.63, 3.8) is 0 Å². The molecule has 17 heavy (non-hydrogen) atoms. The molecule has 98 valence electrons. The van der Waals surface area contributed by atoms with Gasteiger partial charge in [-0.25, -0.2) is 0 Å². The summed E-state index contributed by atoms with van der Waals surface area (Å²) >= 11 is 0. The zero-order valence-electron chi connectivity index (χ0n) is 10.9. The lowest BCUT2D eigenvalue weighted by Crippen LogP contribution is -2.34. The second-order valence-electron chi connectivity index (χ2n) is 4.77. The first-order valence-electron chi connectivity index (χ1n) is 6.29. The standard InChI is InChI=1S/C12H23N3O2/c1-14(2)7-5-6-13-11(16)10-12(17)15-8-3-4-9-15/h3-10H2,1-2H3,(H,13,16). The van der Waals surface area contributed by atoms with Crippen molar-refractivity contribution in [2.45, 2.75) is 25.7 Å². The van der Waals surface area contributed by atoms with Crippen molar-refractivity contribution >= 4 is 11.8 Å². The van der Waals surface area contributed by atoms with E-state index >= 15 is 0 Å². The largest absolute Gasteiger partial charge is 0.356 e. The van der Waals surface area contributed by atoms with Gasteiger partial charge in [-0.05, 0) is 39.9 Å². The first kappa shape index (κ1) is 14.0. The average molecular weight is 241 g/mol. The highest BCUT2D eigenvalue weighted by Gasteiger charge is 2.19. The fourth-order valence-corrected chi connectivity index (χ4v) is 1.90. The van der Waals surface area contributed by atoms with Crippen molar-refractivity contribution in [3.8, 4) is 0 Å². The molecule has 1 aliphatic rings. The Hall–Kier alpha value is -1.10. The molecule has 0 aliphatic carbocycles. The van der Waals surface area contributed by atoms with Crippen LogP contribution in [0.15, 0.2) is 0 Å². The Morgan fingerprint density at radius 1 is 1.24 bits per heavy atom. The van der Waals surface area contributed by atoms with Crippen LogP contribution < -0.4 is 5.32 Å². The van der Waals surface area contributed by atoms with E-state index < -0.39 is 0 Å². The van der Waals surface area contributed by atoms with Crippen LogP contribution in [0.5, 0.6) is 0 Å². The van der Waals surface area contributed by atoms with Gasteiger partial charge in [-0.15, -0.1) is 0 Å². The molecule has 1 heterocycles. The van der Waals surface area contributed by atoms with Gasteiger partial charge in [-0.1, -0.05) is 0 Å². The van der Waals surface area contributed by atoms with Gasteiger partial charge in [0.25, 0.3) is 0 Å². The minimum Gasteiger partial charge on any atom is -0.356 e. The zero-order valence-corrected chi connectivity index (χ0v) is 10.9. The van der Waals surface area contributed by atoms with Gasteiger partial charge in [-0.3, -0.25) is 9.59 Å². The minimum absolute atomic E-state index is 0.00195. The van der Waals surface area contributed by atoms with Crippen LogP contribution in [0.1, 0.15) is 25.7 Å². The van der Waals surface area contributed by atoms with Crippen LogP contribution in [0.2, 0.25) is 0 Å². The SMILES string of the molecule is CN(C)CCCNC(=O)CC(=O)N1CCCC1. The molecule has 0 atom stereocenters. The monoisotopic (exact) mass is 241 g/mol. The smallest absolute Gasteiger partial charge is 0.232 e. The fraction of sp³-hybridized carbons (Fsp3) is 0.833. The molecule has 2 amide bonds. The number of hydrogen-bond donors (Lipinski definition) is 1. The summed E-state index contributed by atoms with van der Waals surface area (Å²) in [5.41, 5.74) is 0. The number of rotatable bonds is 6. The number of hydrogen-bond acceptors (Lipinski definition) is 3. The minimum atomic E-state index is -0.152. The Balaban J connectivity index is 2.09. The van der Waals surface area contributed by atoms with Gasteiger partial charge in [0.1, 0.15) is 6.42 Å². The van der Waals surface area contributed by atoms with Gasteiger partial charge in [0.15, 0.2) is 0 Å². The second kappa shape index (κ2) is 7.27. The van der Waals surface area contributed by atoms with E-state index in [1.807, 2.05) is 14.1 Å². The fourth-order valence-electron chi connectivity index (χ4n) is 1.90. The molecule has 0 spiro atoms. The third-order valence-electron chi connectivity index (χ3n) is 2.87. The Kier molecular flexibility index (Phi) is 5.97. The van der Waals surface area contributed by atoms with E-state index in [-0.39, 0.29) is 18.2 Å². The summed E-state index contributed by atoms with van der Waals surface area (Å²) in [7, 11) is 4.00. The van der Waals surface area contributed by atoms with Crippen LogP contribution in [0.3, 0.4) is 0 Å². The summed E-state index contributed by atoms with van der Waals surface area (Å²) < 4.78 is 0. The summed E-state index contributed by atoms with van der Waals surface area (Å²) in [4.78, 5) is 27.0. The van der Waals surface area contributed by atoms with Crippen molar-refractivity contribution in [2.24, 2.45) is 0 Å². The van der Waals surface area contributed by atoms with Crippen LogP contribution >= 0.6 is 0 Å². The van der Waals surface area contributed by atoms with Crippen molar-refractivity contribution in [3.05, 3.63) is 0 Å². The van der Waals surface area contributed by atoms with E-state index in [1.54, 1.807) is 4.90 Å². The van der Waals surface area contributed by atoms with Gasteiger partial charge in [0.2, 0.25) is 11.8 Å². The lowest BCUT2D eigenvalue weighted by molar-refractivity contribution is -0.135. The first-order valence-corrected chi connectivity index (χ1v) is 6.29. The molecular formula is C12H23N3O2. The molecule has 1 saturated heterocycles. The van der Waals surface area contributed by atoms with E-state index in [2.05, 4.69) is 10.2 Å². The van der Waals surface area contributed by atoms with E-state index in [0.717, 1.165) is 38.9 Å². The van der Waals surface area contributed by atoms with Crippen LogP contribution in [-0.4, -0.2) is 61.9 Å². The Labute approximate surface area is 103 Å². The highest BCUT2D eigenvalue weighted by atomic mass is 16.2. The molecule has 0 bridgehead atoms. The summed E-state index contributed by atoms with van der Waals surface area (Å²) in [6.45, 7) is 3.21. The number of likely N-dealkylation sites (tertiary alicyclic amines) is 1. The van der Waals surface area contributed by atoms with Gasteiger partial charge in [-0.2, -0.15) is 0 Å². The molecule has 0 aromatic carbocycles. The number of nitrogens with zero attached hydrogens (tertiary/aromatic N) is 2. The van der Waals surface area contributed by atoms with Crippen molar-refractivity contribution in [1.82, 2.24) is 15.1 Å². The predicted octanol–water partition coefficient (Wildman–Crippen LogP) is 0.0668. The van der Waals surface area contributed by atoms with E-state index in [4.69, 9.17) is 0 Å². The zero-order chi connectivity index (χ0) is 12.7. The number of carbonyl (C=O) groups is 2. The van der Waals surface area contributed by atoms with E-state index in [1.165, 1.54) is 0 Å². The molecule has 0 unspecified atom stereocenters. The quantitative estimate of drug-likeness (QED) is 0.529. The highest BCUT2D eigenvalue weighted by Crippen LogP contribution is 2.08. The predicted molar refractivity (Wildman–Crippen MR) is 66.6 cm³/mol. The summed E-state index contributed by atoms with van der Waals surface area (Å²) in [6, 6.07) is 0. The topological polar surface area (TPSA) is 52.7 Å². The maximum absolute atomic E-state index is 11.7. The van der Waals surface area contributed by atoms with Crippen LogP contribution in [0.4, 0.5) is 0 Å². The molecule has 1 fully saturated rings. The normalized spacial score (nSPS) is 15.4. The maximum atomic E-state index is 11.7. The molecule has 1 rings (SSSR count). The number of nitrogens with one attached hydrogen (secondary N) is 1. The molecule has 0 aromatic rings. The lowest BCUT2D eigenvalue weighted by atomic mass is 10.3. The molecule has 0 radical (unpaired) electrons. The lowest BCUT2D eigenvalue weighted by Gasteiger charge is -2.15. The average Bonchev–Trinajstić information content (AvgIpc) is 2.77. The third-order valence-corrected chi connectivity index (χ3v) is 2.87. The Bertz CT molecular complexity index is 260. The molecule has 5 heteroatoms.